The van der Waals surface area contributed by atoms with Crippen LogP contribution in [0.25, 0.3) is 0 Å². The molecule has 108 valence electrons. The maximum atomic E-state index is 12.3. The summed E-state index contributed by atoms with van der Waals surface area (Å²) in [6.07, 6.45) is 0. The lowest BCUT2D eigenvalue weighted by molar-refractivity contribution is -0.385. The lowest BCUT2D eigenvalue weighted by Gasteiger charge is -2.11. The first-order chi connectivity index (χ1) is 10.0. The third-order valence-electron chi connectivity index (χ3n) is 3.23. The minimum atomic E-state index is -0.500. The molecule has 0 saturated carbocycles. The molecular formula is C15H15N3O3. The second-order valence-corrected chi connectivity index (χ2v) is 4.52. The third-order valence-corrected chi connectivity index (χ3v) is 3.23. The van der Waals surface area contributed by atoms with Crippen molar-refractivity contribution >= 4 is 17.3 Å². The van der Waals surface area contributed by atoms with Gasteiger partial charge in [0.15, 0.2) is 0 Å². The summed E-state index contributed by atoms with van der Waals surface area (Å²) in [5.41, 5.74) is 7.56. The molecule has 0 heterocycles. The van der Waals surface area contributed by atoms with Crippen LogP contribution in [0.2, 0.25) is 0 Å². The monoisotopic (exact) mass is 285 g/mol. The average molecular weight is 285 g/mol. The highest BCUT2D eigenvalue weighted by Crippen LogP contribution is 2.23. The average Bonchev–Trinajstić information content (AvgIpc) is 2.47. The van der Waals surface area contributed by atoms with Gasteiger partial charge in [-0.25, -0.2) is 0 Å². The summed E-state index contributed by atoms with van der Waals surface area (Å²) in [6.45, 7) is 1.85. The summed E-state index contributed by atoms with van der Waals surface area (Å²) in [5.74, 6) is -0.392. The lowest BCUT2D eigenvalue weighted by Crippen LogP contribution is -2.16. The summed E-state index contributed by atoms with van der Waals surface area (Å²) >= 11 is 0. The Morgan fingerprint density at radius 2 is 1.95 bits per heavy atom. The fourth-order valence-corrected chi connectivity index (χ4v) is 2.08. The summed E-state index contributed by atoms with van der Waals surface area (Å²) < 4.78 is 0. The van der Waals surface area contributed by atoms with Gasteiger partial charge in [0.05, 0.1) is 4.92 Å². The molecule has 6 nitrogen and oxygen atoms in total. The normalized spacial score (nSPS) is 10.2. The van der Waals surface area contributed by atoms with Gasteiger partial charge in [-0.05, 0) is 24.6 Å². The van der Waals surface area contributed by atoms with E-state index >= 15 is 0 Å². The van der Waals surface area contributed by atoms with E-state index in [-0.39, 0.29) is 11.3 Å². The number of anilines is 1. The number of hydrogen-bond donors (Lipinski definition) is 2. The van der Waals surface area contributed by atoms with Gasteiger partial charge in [-0.2, -0.15) is 0 Å². The highest BCUT2D eigenvalue weighted by Gasteiger charge is 2.18. The molecule has 0 spiro atoms. The predicted octanol–water partition coefficient (Wildman–Crippen LogP) is 2.61. The molecule has 2 aromatic carbocycles. The van der Waals surface area contributed by atoms with Crippen molar-refractivity contribution in [1.29, 1.82) is 0 Å². The van der Waals surface area contributed by atoms with Crippen molar-refractivity contribution < 1.29 is 9.72 Å². The molecule has 0 atom stereocenters. The van der Waals surface area contributed by atoms with E-state index in [0.717, 1.165) is 5.56 Å². The predicted molar refractivity (Wildman–Crippen MR) is 80.1 cm³/mol. The molecule has 6 heteroatoms. The highest BCUT2D eigenvalue weighted by atomic mass is 16.6. The van der Waals surface area contributed by atoms with E-state index in [9.17, 15) is 14.9 Å². The number of benzene rings is 2. The highest BCUT2D eigenvalue weighted by molar-refractivity contribution is 6.06. The zero-order valence-corrected chi connectivity index (χ0v) is 11.5. The number of nitro benzene ring substituents is 1. The first-order valence-electron chi connectivity index (χ1n) is 6.38. The summed E-state index contributed by atoms with van der Waals surface area (Å²) in [7, 11) is 0. The van der Waals surface area contributed by atoms with Crippen molar-refractivity contribution in [2.75, 3.05) is 5.32 Å². The Kier molecular flexibility index (Phi) is 4.30. The molecule has 0 aromatic heterocycles. The van der Waals surface area contributed by atoms with Crippen LogP contribution in [0.5, 0.6) is 0 Å². The molecule has 0 aliphatic rings. The van der Waals surface area contributed by atoms with E-state index in [0.29, 0.717) is 17.8 Å². The Balaban J connectivity index is 2.33. The van der Waals surface area contributed by atoms with Crippen LogP contribution in [0.1, 0.15) is 21.5 Å². The number of nitrogens with two attached hydrogens (primary N) is 1. The van der Waals surface area contributed by atoms with Crippen LogP contribution in [0.15, 0.2) is 42.5 Å². The van der Waals surface area contributed by atoms with Crippen LogP contribution in [0.3, 0.4) is 0 Å². The molecule has 0 fully saturated rings. The van der Waals surface area contributed by atoms with Gasteiger partial charge in [-0.15, -0.1) is 0 Å². The fourth-order valence-electron chi connectivity index (χ4n) is 2.08. The summed E-state index contributed by atoms with van der Waals surface area (Å²) in [5, 5.41) is 13.7. The Labute approximate surface area is 121 Å². The van der Waals surface area contributed by atoms with E-state index < -0.39 is 10.8 Å². The number of hydrogen-bond acceptors (Lipinski definition) is 4. The Bertz CT molecular complexity index is 698. The van der Waals surface area contributed by atoms with Crippen molar-refractivity contribution in [3.63, 3.8) is 0 Å². The van der Waals surface area contributed by atoms with Crippen LogP contribution in [-0.2, 0) is 6.54 Å². The molecule has 1 amide bonds. The van der Waals surface area contributed by atoms with Gasteiger partial charge in [-0.3, -0.25) is 14.9 Å². The van der Waals surface area contributed by atoms with Crippen molar-refractivity contribution in [3.8, 4) is 0 Å². The number of carbonyl (C=O) groups excluding carboxylic acids is 1. The number of nitrogens with one attached hydrogen (secondary N) is 1. The quantitative estimate of drug-likeness (QED) is 0.666. The second kappa shape index (κ2) is 6.15. The Morgan fingerprint density at radius 3 is 2.62 bits per heavy atom. The van der Waals surface area contributed by atoms with E-state index in [4.69, 9.17) is 5.73 Å². The van der Waals surface area contributed by atoms with Crippen molar-refractivity contribution in [2.45, 2.75) is 13.5 Å². The van der Waals surface area contributed by atoms with Crippen LogP contribution < -0.4 is 11.1 Å². The van der Waals surface area contributed by atoms with Crippen molar-refractivity contribution in [1.82, 2.24) is 0 Å². The van der Waals surface area contributed by atoms with Crippen LogP contribution in [0, 0.1) is 17.0 Å². The Morgan fingerprint density at radius 1 is 1.24 bits per heavy atom. The van der Waals surface area contributed by atoms with E-state index in [1.165, 1.54) is 12.1 Å². The van der Waals surface area contributed by atoms with Crippen LogP contribution in [-0.4, -0.2) is 10.8 Å². The summed E-state index contributed by atoms with van der Waals surface area (Å²) in [6, 6.07) is 11.6. The first kappa shape index (κ1) is 14.7. The third kappa shape index (κ3) is 3.06. The second-order valence-electron chi connectivity index (χ2n) is 4.52. The maximum absolute atomic E-state index is 12.3. The standard InChI is InChI=1S/C15H15N3O3/c1-10-12(6-4-8-14(10)18(20)21)15(19)17-13-7-3-2-5-11(13)9-16/h2-8H,9,16H2,1H3,(H,17,19). The molecule has 0 bridgehead atoms. The number of carbonyl (C=O) groups is 1. The molecule has 21 heavy (non-hydrogen) atoms. The minimum absolute atomic E-state index is 0.0743. The minimum Gasteiger partial charge on any atom is -0.326 e. The van der Waals surface area contributed by atoms with Gasteiger partial charge in [0.2, 0.25) is 0 Å². The van der Waals surface area contributed by atoms with Gasteiger partial charge >= 0.3 is 0 Å². The molecule has 0 aliphatic heterocycles. The summed E-state index contributed by atoms with van der Waals surface area (Å²) in [4.78, 5) is 22.7. The zero-order chi connectivity index (χ0) is 15.4. The van der Waals surface area contributed by atoms with Crippen molar-refractivity contribution in [3.05, 3.63) is 69.3 Å². The van der Waals surface area contributed by atoms with Crippen LogP contribution in [0.4, 0.5) is 11.4 Å². The smallest absolute Gasteiger partial charge is 0.273 e. The zero-order valence-electron chi connectivity index (χ0n) is 11.5. The van der Waals surface area contributed by atoms with Gasteiger partial charge in [0.1, 0.15) is 0 Å². The lowest BCUT2D eigenvalue weighted by atomic mass is 10.1. The molecule has 0 saturated heterocycles. The first-order valence-corrected chi connectivity index (χ1v) is 6.38. The van der Waals surface area contributed by atoms with Crippen LogP contribution >= 0.6 is 0 Å². The molecule has 0 radical (unpaired) electrons. The number of para-hydroxylation sites is 1. The molecule has 2 aromatic rings. The van der Waals surface area contributed by atoms with Crippen molar-refractivity contribution in [2.24, 2.45) is 5.73 Å². The molecular weight excluding hydrogens is 270 g/mol. The maximum Gasteiger partial charge on any atom is 0.273 e. The number of amides is 1. The Hall–Kier alpha value is -2.73. The molecule has 2 rings (SSSR count). The topological polar surface area (TPSA) is 98.3 Å². The van der Waals surface area contributed by atoms with Gasteiger partial charge < -0.3 is 11.1 Å². The van der Waals surface area contributed by atoms with E-state index in [2.05, 4.69) is 5.32 Å². The van der Waals surface area contributed by atoms with Gasteiger partial charge in [-0.1, -0.05) is 24.3 Å². The molecule has 0 aliphatic carbocycles. The van der Waals surface area contributed by atoms with Gasteiger partial charge in [0.25, 0.3) is 11.6 Å². The number of nitro groups is 1. The molecule has 0 unspecified atom stereocenters. The van der Waals surface area contributed by atoms with Gasteiger partial charge in [0, 0.05) is 29.4 Å². The molecule has 3 N–H and O–H groups in total. The number of nitrogens with zero attached hydrogens (tertiary/aromatic N) is 1. The van der Waals surface area contributed by atoms with E-state index in [1.807, 2.05) is 12.1 Å². The number of rotatable bonds is 4. The van der Waals surface area contributed by atoms with E-state index in [1.54, 1.807) is 25.1 Å². The fraction of sp³-hybridized carbons (Fsp3) is 0.133. The SMILES string of the molecule is Cc1c(C(=O)Nc2ccccc2CN)cccc1[N+](=O)[O-]. The largest absolute Gasteiger partial charge is 0.326 e.